The van der Waals surface area contributed by atoms with E-state index in [2.05, 4.69) is 17.4 Å². The molecule has 0 radical (unpaired) electrons. The van der Waals surface area contributed by atoms with Crippen molar-refractivity contribution >= 4 is 5.91 Å². The highest BCUT2D eigenvalue weighted by Gasteiger charge is 2.19. The lowest BCUT2D eigenvalue weighted by Gasteiger charge is -2.20. The highest BCUT2D eigenvalue weighted by Crippen LogP contribution is 2.26. The highest BCUT2D eigenvalue weighted by atomic mass is 16.5. The topological polar surface area (TPSA) is 47.6 Å². The zero-order chi connectivity index (χ0) is 19.1. The van der Waals surface area contributed by atoms with Crippen LogP contribution in [0.25, 0.3) is 0 Å². The van der Waals surface area contributed by atoms with Crippen molar-refractivity contribution in [3.8, 4) is 11.5 Å². The molecule has 2 aromatic carbocycles. The standard InChI is InChI=1S/C23H29NO3/c1-3-21(27-20-13-12-18-9-5-6-10-19(18)16-20)23(25)24-14-15-26-22-11-7-4-8-17(22)2/h4,7-8,11-13,16,21H,3,5-6,9-10,14-15H2,1-2H3,(H,24,25)/t21-/m0/s1. The maximum atomic E-state index is 12.5. The maximum absolute atomic E-state index is 12.5. The number of carbonyl (C=O) groups excluding carboxylic acids is 1. The SMILES string of the molecule is CC[C@H](Oc1ccc2c(c1)CCCC2)C(=O)NCCOc1ccccc1C. The van der Waals surface area contributed by atoms with Gasteiger partial charge >= 0.3 is 0 Å². The number of carbonyl (C=O) groups is 1. The quantitative estimate of drug-likeness (QED) is 0.711. The summed E-state index contributed by atoms with van der Waals surface area (Å²) in [5.74, 6) is 1.54. The predicted molar refractivity (Wildman–Crippen MR) is 107 cm³/mol. The van der Waals surface area contributed by atoms with E-state index >= 15 is 0 Å². The molecule has 0 heterocycles. The molecule has 1 atom stereocenters. The summed E-state index contributed by atoms with van der Waals surface area (Å²) in [5.41, 5.74) is 3.87. The number of rotatable bonds is 8. The first-order valence-electron chi connectivity index (χ1n) is 9.92. The number of hydrogen-bond donors (Lipinski definition) is 1. The Kier molecular flexibility index (Phi) is 6.74. The number of amides is 1. The van der Waals surface area contributed by atoms with E-state index in [0.717, 1.165) is 29.9 Å². The molecule has 0 spiro atoms. The number of hydrogen-bond acceptors (Lipinski definition) is 3. The lowest BCUT2D eigenvalue weighted by molar-refractivity contribution is -0.128. The monoisotopic (exact) mass is 367 g/mol. The van der Waals surface area contributed by atoms with Gasteiger partial charge in [-0.25, -0.2) is 0 Å². The van der Waals surface area contributed by atoms with Crippen LogP contribution in [-0.4, -0.2) is 25.2 Å². The molecule has 0 aromatic heterocycles. The Labute approximate surface area is 161 Å². The van der Waals surface area contributed by atoms with E-state index in [-0.39, 0.29) is 5.91 Å². The molecule has 1 aliphatic carbocycles. The lowest BCUT2D eigenvalue weighted by atomic mass is 9.92. The molecular formula is C23H29NO3. The molecule has 0 fully saturated rings. The second-order valence-electron chi connectivity index (χ2n) is 7.06. The van der Waals surface area contributed by atoms with Crippen molar-refractivity contribution in [1.82, 2.24) is 5.32 Å². The number of aryl methyl sites for hydroxylation is 3. The maximum Gasteiger partial charge on any atom is 0.261 e. The molecule has 4 nitrogen and oxygen atoms in total. The average Bonchev–Trinajstić information content (AvgIpc) is 2.70. The van der Waals surface area contributed by atoms with Crippen molar-refractivity contribution in [2.45, 2.75) is 52.1 Å². The van der Waals surface area contributed by atoms with Crippen LogP contribution in [0.3, 0.4) is 0 Å². The Morgan fingerprint density at radius 3 is 2.67 bits per heavy atom. The Morgan fingerprint density at radius 2 is 1.89 bits per heavy atom. The molecule has 0 saturated carbocycles. The van der Waals surface area contributed by atoms with Crippen LogP contribution in [0.15, 0.2) is 42.5 Å². The van der Waals surface area contributed by atoms with E-state index in [0.29, 0.717) is 19.6 Å². The lowest BCUT2D eigenvalue weighted by Crippen LogP contribution is -2.39. The molecule has 1 amide bonds. The Balaban J connectivity index is 1.48. The highest BCUT2D eigenvalue weighted by molar-refractivity contribution is 5.81. The van der Waals surface area contributed by atoms with E-state index in [1.165, 1.54) is 24.0 Å². The Bertz CT molecular complexity index is 772. The van der Waals surface area contributed by atoms with Crippen LogP contribution < -0.4 is 14.8 Å². The van der Waals surface area contributed by atoms with Gasteiger partial charge in [0, 0.05) is 0 Å². The van der Waals surface area contributed by atoms with Gasteiger partial charge in [0.15, 0.2) is 6.10 Å². The minimum atomic E-state index is -0.481. The molecular weight excluding hydrogens is 338 g/mol. The first-order chi connectivity index (χ1) is 13.2. The number of para-hydroxylation sites is 1. The van der Waals surface area contributed by atoms with Crippen LogP contribution >= 0.6 is 0 Å². The number of benzene rings is 2. The smallest absolute Gasteiger partial charge is 0.261 e. The van der Waals surface area contributed by atoms with Gasteiger partial charge in [-0.3, -0.25) is 4.79 Å². The molecule has 4 heteroatoms. The van der Waals surface area contributed by atoms with Gasteiger partial charge in [-0.05, 0) is 73.9 Å². The van der Waals surface area contributed by atoms with Crippen molar-refractivity contribution in [1.29, 1.82) is 0 Å². The van der Waals surface area contributed by atoms with Crippen molar-refractivity contribution in [2.75, 3.05) is 13.2 Å². The van der Waals surface area contributed by atoms with Crippen LogP contribution in [-0.2, 0) is 17.6 Å². The molecule has 0 saturated heterocycles. The van der Waals surface area contributed by atoms with Crippen molar-refractivity contribution in [3.63, 3.8) is 0 Å². The van der Waals surface area contributed by atoms with Crippen molar-refractivity contribution in [3.05, 3.63) is 59.2 Å². The molecule has 144 valence electrons. The fourth-order valence-electron chi connectivity index (χ4n) is 3.44. The fourth-order valence-corrected chi connectivity index (χ4v) is 3.44. The van der Waals surface area contributed by atoms with E-state index in [1.807, 2.05) is 44.2 Å². The molecule has 27 heavy (non-hydrogen) atoms. The molecule has 1 N–H and O–H groups in total. The van der Waals surface area contributed by atoms with Crippen LogP contribution in [0.5, 0.6) is 11.5 Å². The zero-order valence-corrected chi connectivity index (χ0v) is 16.3. The summed E-state index contributed by atoms with van der Waals surface area (Å²) in [7, 11) is 0. The predicted octanol–water partition coefficient (Wildman–Crippen LogP) is 4.23. The first kappa shape index (κ1) is 19.3. The summed E-state index contributed by atoms with van der Waals surface area (Å²) in [6, 6.07) is 14.1. The van der Waals surface area contributed by atoms with E-state index in [9.17, 15) is 4.79 Å². The third-order valence-corrected chi connectivity index (χ3v) is 5.01. The summed E-state index contributed by atoms with van der Waals surface area (Å²) in [6.45, 7) is 4.86. The van der Waals surface area contributed by atoms with Crippen LogP contribution in [0.4, 0.5) is 0 Å². The summed E-state index contributed by atoms with van der Waals surface area (Å²) in [5, 5.41) is 2.92. The van der Waals surface area contributed by atoms with Crippen LogP contribution in [0.1, 0.15) is 42.9 Å². The Morgan fingerprint density at radius 1 is 1.11 bits per heavy atom. The summed E-state index contributed by atoms with van der Waals surface area (Å²) < 4.78 is 11.7. The fraction of sp³-hybridized carbons (Fsp3) is 0.435. The summed E-state index contributed by atoms with van der Waals surface area (Å²) in [4.78, 5) is 12.5. The minimum Gasteiger partial charge on any atom is -0.491 e. The van der Waals surface area contributed by atoms with Crippen molar-refractivity contribution in [2.24, 2.45) is 0 Å². The summed E-state index contributed by atoms with van der Waals surface area (Å²) >= 11 is 0. The molecule has 0 unspecified atom stereocenters. The zero-order valence-electron chi connectivity index (χ0n) is 16.3. The van der Waals surface area contributed by atoms with E-state index in [4.69, 9.17) is 9.47 Å². The third-order valence-electron chi connectivity index (χ3n) is 5.01. The van der Waals surface area contributed by atoms with E-state index in [1.54, 1.807) is 0 Å². The van der Waals surface area contributed by atoms with Gasteiger partial charge in [0.2, 0.25) is 0 Å². The van der Waals surface area contributed by atoms with Crippen molar-refractivity contribution < 1.29 is 14.3 Å². The Hall–Kier alpha value is -2.49. The molecule has 1 aliphatic rings. The van der Waals surface area contributed by atoms with Crippen LogP contribution in [0, 0.1) is 6.92 Å². The van der Waals surface area contributed by atoms with Crippen LogP contribution in [0.2, 0.25) is 0 Å². The minimum absolute atomic E-state index is 0.0939. The number of nitrogens with one attached hydrogen (secondary N) is 1. The molecule has 2 aromatic rings. The van der Waals surface area contributed by atoms with Gasteiger partial charge in [-0.1, -0.05) is 31.2 Å². The van der Waals surface area contributed by atoms with Gasteiger partial charge in [-0.2, -0.15) is 0 Å². The summed E-state index contributed by atoms with van der Waals surface area (Å²) in [6.07, 6.45) is 4.89. The van der Waals surface area contributed by atoms with E-state index < -0.39 is 6.10 Å². The molecule has 0 aliphatic heterocycles. The molecule has 0 bridgehead atoms. The normalized spacial score (nSPS) is 14.1. The van der Waals surface area contributed by atoms with Gasteiger partial charge in [0.05, 0.1) is 6.54 Å². The van der Waals surface area contributed by atoms with Gasteiger partial charge in [-0.15, -0.1) is 0 Å². The number of ether oxygens (including phenoxy) is 2. The average molecular weight is 367 g/mol. The third kappa shape index (κ3) is 5.25. The second-order valence-corrected chi connectivity index (χ2v) is 7.06. The number of fused-ring (bicyclic) bond motifs is 1. The first-order valence-corrected chi connectivity index (χ1v) is 9.92. The van der Waals surface area contributed by atoms with Gasteiger partial charge < -0.3 is 14.8 Å². The van der Waals surface area contributed by atoms with Gasteiger partial charge in [0.25, 0.3) is 5.91 Å². The molecule has 3 rings (SSSR count). The largest absolute Gasteiger partial charge is 0.491 e. The second kappa shape index (κ2) is 9.45. The van der Waals surface area contributed by atoms with Gasteiger partial charge in [0.1, 0.15) is 18.1 Å².